The summed E-state index contributed by atoms with van der Waals surface area (Å²) in [7, 11) is 1.35. The molecular formula is C9H8N2O2. The Kier molecular flexibility index (Phi) is 1.81. The highest BCUT2D eigenvalue weighted by Crippen LogP contribution is 1.97. The number of nitrogens with zero attached hydrogens (tertiary/aromatic N) is 2. The van der Waals surface area contributed by atoms with Crippen LogP contribution in [0.25, 0.3) is 6.08 Å². The van der Waals surface area contributed by atoms with Gasteiger partial charge in [-0.15, -0.1) is 0 Å². The summed E-state index contributed by atoms with van der Waals surface area (Å²) >= 11 is 0. The Morgan fingerprint density at radius 3 is 3.15 bits per heavy atom. The molecule has 0 bridgehead atoms. The highest BCUT2D eigenvalue weighted by atomic mass is 16.5. The number of hydrogen-bond donors (Lipinski definition) is 0. The van der Waals surface area contributed by atoms with Crippen molar-refractivity contribution in [3.05, 3.63) is 29.0 Å². The van der Waals surface area contributed by atoms with Gasteiger partial charge in [0.05, 0.1) is 7.11 Å². The lowest BCUT2D eigenvalue weighted by Crippen LogP contribution is -2.23. The Labute approximate surface area is 74.6 Å². The molecule has 0 spiro atoms. The highest BCUT2D eigenvalue weighted by Gasteiger charge is 2.18. The average molecular weight is 176 g/mol. The summed E-state index contributed by atoms with van der Waals surface area (Å²) in [6.45, 7) is 0. The lowest BCUT2D eigenvalue weighted by molar-refractivity contribution is -0.140. The maximum absolute atomic E-state index is 11.1. The van der Waals surface area contributed by atoms with Gasteiger partial charge in [-0.05, 0) is 18.2 Å². The number of methoxy groups -OCH3 is 1. The van der Waals surface area contributed by atoms with Crippen LogP contribution < -0.4 is 10.7 Å². The zero-order chi connectivity index (χ0) is 9.26. The van der Waals surface area contributed by atoms with Crippen LogP contribution in [0.15, 0.2) is 23.3 Å². The second-order valence-corrected chi connectivity index (χ2v) is 2.68. The predicted molar refractivity (Wildman–Crippen MR) is 45.3 cm³/mol. The summed E-state index contributed by atoms with van der Waals surface area (Å²) in [4.78, 5) is 19.2. The topological polar surface area (TPSA) is 51.5 Å². The van der Waals surface area contributed by atoms with Crippen molar-refractivity contribution in [1.82, 2.24) is 4.98 Å². The molecule has 0 fully saturated rings. The van der Waals surface area contributed by atoms with Crippen molar-refractivity contribution in [2.24, 2.45) is 4.99 Å². The van der Waals surface area contributed by atoms with E-state index in [1.54, 1.807) is 12.3 Å². The Hall–Kier alpha value is -1.71. The van der Waals surface area contributed by atoms with Gasteiger partial charge in [-0.3, -0.25) is 0 Å². The first-order chi connectivity index (χ1) is 6.31. The number of fused-ring (bicyclic) bond motifs is 1. The van der Waals surface area contributed by atoms with Gasteiger partial charge in [0.1, 0.15) is 0 Å². The van der Waals surface area contributed by atoms with Gasteiger partial charge in [0.25, 0.3) is 0 Å². The molecule has 1 aromatic rings. The van der Waals surface area contributed by atoms with Crippen molar-refractivity contribution in [3.8, 4) is 0 Å². The molecule has 66 valence electrons. The van der Waals surface area contributed by atoms with E-state index < -0.39 is 6.04 Å². The van der Waals surface area contributed by atoms with Gasteiger partial charge in [0.15, 0.2) is 11.5 Å². The molecule has 0 N–H and O–H groups in total. The number of pyridine rings is 1. The Balaban J connectivity index is 2.46. The molecule has 2 heterocycles. The molecule has 4 nitrogen and oxygen atoms in total. The fourth-order valence-corrected chi connectivity index (χ4v) is 1.23. The van der Waals surface area contributed by atoms with Gasteiger partial charge in [-0.2, -0.15) is 0 Å². The number of rotatable bonds is 1. The molecule has 0 amide bonds. The summed E-state index contributed by atoms with van der Waals surface area (Å²) in [6, 6.07) is 3.16. The minimum Gasteiger partial charge on any atom is -0.467 e. The maximum atomic E-state index is 11.1. The van der Waals surface area contributed by atoms with Gasteiger partial charge < -0.3 is 4.74 Å². The smallest absolute Gasteiger partial charge is 0.334 e. The summed E-state index contributed by atoms with van der Waals surface area (Å²) in [5.74, 6) is -0.349. The second kappa shape index (κ2) is 2.97. The van der Waals surface area contributed by atoms with Crippen LogP contribution >= 0.6 is 0 Å². The molecule has 0 saturated heterocycles. The first-order valence-corrected chi connectivity index (χ1v) is 3.90. The fourth-order valence-electron chi connectivity index (χ4n) is 1.23. The molecule has 1 aromatic heterocycles. The van der Waals surface area contributed by atoms with Crippen molar-refractivity contribution in [2.45, 2.75) is 6.04 Å². The monoisotopic (exact) mass is 176 g/mol. The number of ether oxygens (including phenoxy) is 1. The molecule has 1 aliphatic heterocycles. The van der Waals surface area contributed by atoms with Crippen molar-refractivity contribution < 1.29 is 9.53 Å². The van der Waals surface area contributed by atoms with Crippen molar-refractivity contribution in [2.75, 3.05) is 7.11 Å². The molecule has 0 aliphatic carbocycles. The summed E-state index contributed by atoms with van der Waals surface area (Å²) in [6.07, 6.45) is 3.39. The van der Waals surface area contributed by atoms with Crippen molar-refractivity contribution >= 4 is 12.0 Å². The van der Waals surface area contributed by atoms with Gasteiger partial charge in [-0.1, -0.05) is 0 Å². The quantitative estimate of drug-likeness (QED) is 0.518. The van der Waals surface area contributed by atoms with Crippen LogP contribution in [0.1, 0.15) is 0 Å². The zero-order valence-corrected chi connectivity index (χ0v) is 7.10. The van der Waals surface area contributed by atoms with E-state index in [-0.39, 0.29) is 5.97 Å². The maximum Gasteiger partial charge on any atom is 0.334 e. The Bertz CT molecular complexity index is 418. The van der Waals surface area contributed by atoms with Gasteiger partial charge in [-0.25, -0.2) is 14.8 Å². The minimum absolute atomic E-state index is 0.349. The number of carbonyl (C=O) groups is 1. The first kappa shape index (κ1) is 7.91. The molecule has 13 heavy (non-hydrogen) atoms. The van der Waals surface area contributed by atoms with Crippen LogP contribution in [0.2, 0.25) is 0 Å². The third-order valence-corrected chi connectivity index (χ3v) is 1.86. The van der Waals surface area contributed by atoms with Crippen LogP contribution in [0.5, 0.6) is 0 Å². The molecule has 4 heteroatoms. The van der Waals surface area contributed by atoms with Crippen LogP contribution in [-0.2, 0) is 9.53 Å². The Morgan fingerprint density at radius 1 is 1.62 bits per heavy atom. The summed E-state index contributed by atoms with van der Waals surface area (Å²) in [5.41, 5.74) is 0.609. The van der Waals surface area contributed by atoms with Gasteiger partial charge >= 0.3 is 5.97 Å². The van der Waals surface area contributed by atoms with E-state index >= 15 is 0 Å². The van der Waals surface area contributed by atoms with Crippen molar-refractivity contribution in [3.63, 3.8) is 0 Å². The average Bonchev–Trinajstić information content (AvgIpc) is 2.59. The molecule has 0 saturated carbocycles. The second-order valence-electron chi connectivity index (χ2n) is 2.68. The van der Waals surface area contributed by atoms with E-state index in [1.165, 1.54) is 7.11 Å². The van der Waals surface area contributed by atoms with E-state index in [1.807, 2.05) is 12.1 Å². The lowest BCUT2D eigenvalue weighted by Gasteiger charge is -1.99. The molecule has 1 atom stereocenters. The molecular weight excluding hydrogens is 168 g/mol. The zero-order valence-electron chi connectivity index (χ0n) is 7.10. The van der Waals surface area contributed by atoms with Gasteiger partial charge in [0, 0.05) is 11.4 Å². The third-order valence-electron chi connectivity index (χ3n) is 1.86. The number of esters is 1. The molecule has 0 unspecified atom stereocenters. The minimum atomic E-state index is -0.519. The highest BCUT2D eigenvalue weighted by molar-refractivity contribution is 5.83. The number of hydrogen-bond acceptors (Lipinski definition) is 4. The van der Waals surface area contributed by atoms with Gasteiger partial charge in [0.2, 0.25) is 0 Å². The standard InChI is InChI=1S/C9H8N2O2/c1-13-9(12)7-5-6-3-2-4-10-8(6)11-7/h2-5,7H,1H3/t7-/m0/s1. The fraction of sp³-hybridized carbons (Fsp3) is 0.222. The van der Waals surface area contributed by atoms with Crippen LogP contribution in [0.4, 0.5) is 0 Å². The van der Waals surface area contributed by atoms with E-state index in [2.05, 4.69) is 14.7 Å². The Morgan fingerprint density at radius 2 is 2.46 bits per heavy atom. The summed E-state index contributed by atoms with van der Waals surface area (Å²) in [5, 5.41) is 0.887. The predicted octanol–water partition coefficient (Wildman–Crippen LogP) is -0.963. The first-order valence-electron chi connectivity index (χ1n) is 3.90. The third kappa shape index (κ3) is 1.30. The van der Waals surface area contributed by atoms with E-state index in [0.29, 0.717) is 5.49 Å². The molecule has 0 aromatic carbocycles. The molecule has 0 radical (unpaired) electrons. The van der Waals surface area contributed by atoms with Crippen LogP contribution in [0, 0.1) is 0 Å². The van der Waals surface area contributed by atoms with E-state index in [0.717, 1.165) is 5.22 Å². The van der Waals surface area contributed by atoms with Crippen molar-refractivity contribution in [1.29, 1.82) is 0 Å². The number of aromatic nitrogens is 1. The lowest BCUT2D eigenvalue weighted by atomic mass is 10.3. The van der Waals surface area contributed by atoms with E-state index in [4.69, 9.17) is 0 Å². The number of carbonyl (C=O) groups excluding carboxylic acids is 1. The molecule has 1 aliphatic rings. The van der Waals surface area contributed by atoms with Crippen LogP contribution in [-0.4, -0.2) is 24.1 Å². The van der Waals surface area contributed by atoms with E-state index in [9.17, 15) is 4.79 Å². The molecule has 2 rings (SSSR count). The SMILES string of the molecule is COC(=O)[C@@H]1C=c2cccnc2=N1. The largest absolute Gasteiger partial charge is 0.467 e. The normalized spacial score (nSPS) is 18.4. The summed E-state index contributed by atoms with van der Waals surface area (Å²) < 4.78 is 4.57. The van der Waals surface area contributed by atoms with Crippen LogP contribution in [0.3, 0.4) is 0 Å².